The molecule has 1 aliphatic heterocycles. The largest absolute Gasteiger partial charge is 0.310 e. The molecule has 0 amide bonds. The summed E-state index contributed by atoms with van der Waals surface area (Å²) in [5.74, 6) is 0. The van der Waals surface area contributed by atoms with Crippen LogP contribution in [0.5, 0.6) is 0 Å². The van der Waals surface area contributed by atoms with Crippen LogP contribution in [0.3, 0.4) is 0 Å². The Morgan fingerprint density at radius 2 is 1.94 bits per heavy atom. The molecule has 1 fully saturated rings. The molecule has 1 aliphatic rings. The van der Waals surface area contributed by atoms with Gasteiger partial charge in [0.2, 0.25) is 0 Å². The summed E-state index contributed by atoms with van der Waals surface area (Å²) >= 11 is 0. The lowest BCUT2D eigenvalue weighted by molar-refractivity contribution is 0.410. The molecule has 3 nitrogen and oxygen atoms in total. The highest BCUT2D eigenvalue weighted by Gasteiger charge is 2.20. The minimum absolute atomic E-state index is 0.305. The zero-order valence-corrected chi connectivity index (χ0v) is 12.1. The molecule has 1 atom stereocenters. The van der Waals surface area contributed by atoms with Crippen LogP contribution in [0.2, 0.25) is 0 Å². The summed E-state index contributed by atoms with van der Waals surface area (Å²) in [5.41, 5.74) is 3.41. The molecule has 100 valence electrons. The topological polar surface area (TPSA) is 46.2 Å². The highest BCUT2D eigenvalue weighted by atomic mass is 32.2. The summed E-state index contributed by atoms with van der Waals surface area (Å²) in [6.45, 7) is 5.08. The Labute approximate surface area is 110 Å². The van der Waals surface area contributed by atoms with Crippen LogP contribution >= 0.6 is 0 Å². The second-order valence-electron chi connectivity index (χ2n) is 5.23. The number of sulfone groups is 1. The Kier molecular flexibility index (Phi) is 3.78. The van der Waals surface area contributed by atoms with Crippen LogP contribution in [-0.4, -0.2) is 21.2 Å². The Bertz CT molecular complexity index is 543. The number of rotatable bonds is 2. The van der Waals surface area contributed by atoms with Crippen LogP contribution < -0.4 is 5.32 Å². The smallest absolute Gasteiger partial charge is 0.175 e. The molecule has 1 aromatic carbocycles. The molecule has 18 heavy (non-hydrogen) atoms. The Hall–Kier alpha value is -0.870. The van der Waals surface area contributed by atoms with Gasteiger partial charge in [-0.3, -0.25) is 0 Å². The monoisotopic (exact) mass is 267 g/mol. The number of benzene rings is 1. The van der Waals surface area contributed by atoms with Crippen LogP contribution in [0, 0.1) is 13.8 Å². The molecular formula is C14H21NO2S. The predicted octanol–water partition coefficient (Wildman–Crippen LogP) is 2.52. The fraction of sp³-hybridized carbons (Fsp3) is 0.571. The zero-order chi connectivity index (χ0) is 13.3. The van der Waals surface area contributed by atoms with Gasteiger partial charge in [-0.15, -0.1) is 0 Å². The predicted molar refractivity (Wildman–Crippen MR) is 73.6 cm³/mol. The molecule has 1 saturated heterocycles. The third kappa shape index (κ3) is 2.75. The number of hydrogen-bond donors (Lipinski definition) is 1. The zero-order valence-electron chi connectivity index (χ0n) is 11.3. The molecule has 0 radical (unpaired) electrons. The normalized spacial score (nSPS) is 20.9. The number of piperidine rings is 1. The van der Waals surface area contributed by atoms with E-state index in [9.17, 15) is 8.42 Å². The molecule has 1 unspecified atom stereocenters. The first-order valence-electron chi connectivity index (χ1n) is 6.44. The van der Waals surface area contributed by atoms with E-state index in [1.807, 2.05) is 13.0 Å². The van der Waals surface area contributed by atoms with Crippen molar-refractivity contribution in [3.8, 4) is 0 Å². The van der Waals surface area contributed by atoms with Crippen LogP contribution in [0.15, 0.2) is 17.0 Å². The average molecular weight is 267 g/mol. The molecular weight excluding hydrogens is 246 g/mol. The van der Waals surface area contributed by atoms with Gasteiger partial charge in [0.1, 0.15) is 0 Å². The maximum absolute atomic E-state index is 11.7. The van der Waals surface area contributed by atoms with Crippen molar-refractivity contribution >= 4 is 9.84 Å². The molecule has 2 rings (SSSR count). The molecule has 1 N–H and O–H groups in total. The molecule has 4 heteroatoms. The third-order valence-corrected chi connectivity index (χ3v) is 4.89. The summed E-state index contributed by atoms with van der Waals surface area (Å²) in [7, 11) is -3.13. The van der Waals surface area contributed by atoms with Crippen LogP contribution in [0.25, 0.3) is 0 Å². The number of aryl methyl sites for hydroxylation is 1. The molecule has 1 heterocycles. The number of hydrogen-bond acceptors (Lipinski definition) is 3. The highest BCUT2D eigenvalue weighted by Crippen LogP contribution is 2.29. The molecule has 1 aromatic rings. The second kappa shape index (κ2) is 5.02. The first-order chi connectivity index (χ1) is 8.39. The SMILES string of the molecule is Cc1cc(S(C)(=O)=O)cc(C2CCCCN2)c1C. The van der Waals surface area contributed by atoms with Gasteiger partial charge >= 0.3 is 0 Å². The summed E-state index contributed by atoms with van der Waals surface area (Å²) in [6.07, 6.45) is 4.78. The quantitative estimate of drug-likeness (QED) is 0.895. The van der Waals surface area contributed by atoms with E-state index < -0.39 is 9.84 Å². The van der Waals surface area contributed by atoms with Crippen molar-refractivity contribution in [2.75, 3.05) is 12.8 Å². The van der Waals surface area contributed by atoms with Gasteiger partial charge in [0.05, 0.1) is 4.90 Å². The fourth-order valence-electron chi connectivity index (χ4n) is 2.55. The van der Waals surface area contributed by atoms with E-state index in [0.29, 0.717) is 10.9 Å². The van der Waals surface area contributed by atoms with E-state index in [-0.39, 0.29) is 0 Å². The first kappa shape index (κ1) is 13.6. The Morgan fingerprint density at radius 1 is 1.22 bits per heavy atom. The molecule has 0 aromatic heterocycles. The van der Waals surface area contributed by atoms with E-state index in [0.717, 1.165) is 24.1 Å². The first-order valence-corrected chi connectivity index (χ1v) is 8.33. The van der Waals surface area contributed by atoms with Gasteiger partial charge in [0.25, 0.3) is 0 Å². The average Bonchev–Trinajstić information content (AvgIpc) is 2.32. The van der Waals surface area contributed by atoms with Gasteiger partial charge in [-0.2, -0.15) is 0 Å². The van der Waals surface area contributed by atoms with Crippen LogP contribution in [-0.2, 0) is 9.84 Å². The molecule has 0 spiro atoms. The number of nitrogens with one attached hydrogen (secondary N) is 1. The lowest BCUT2D eigenvalue weighted by Gasteiger charge is -2.26. The van der Waals surface area contributed by atoms with Gasteiger partial charge in [-0.25, -0.2) is 8.42 Å². The molecule has 0 bridgehead atoms. The molecule has 0 saturated carbocycles. The van der Waals surface area contributed by atoms with E-state index in [4.69, 9.17) is 0 Å². The van der Waals surface area contributed by atoms with Crippen molar-refractivity contribution in [1.82, 2.24) is 5.32 Å². The van der Waals surface area contributed by atoms with E-state index in [2.05, 4.69) is 12.2 Å². The fourth-order valence-corrected chi connectivity index (χ4v) is 3.28. The lowest BCUT2D eigenvalue weighted by atomic mass is 9.92. The minimum atomic E-state index is -3.13. The van der Waals surface area contributed by atoms with Crippen molar-refractivity contribution in [3.05, 3.63) is 28.8 Å². The van der Waals surface area contributed by atoms with E-state index in [1.54, 1.807) is 6.07 Å². The second-order valence-corrected chi connectivity index (χ2v) is 7.24. The van der Waals surface area contributed by atoms with Gasteiger partial charge < -0.3 is 5.32 Å². The van der Waals surface area contributed by atoms with Crippen molar-refractivity contribution in [2.45, 2.75) is 44.0 Å². The minimum Gasteiger partial charge on any atom is -0.310 e. The van der Waals surface area contributed by atoms with Gasteiger partial charge in [-0.1, -0.05) is 6.42 Å². The Morgan fingerprint density at radius 3 is 2.50 bits per heavy atom. The third-order valence-electron chi connectivity index (χ3n) is 3.79. The van der Waals surface area contributed by atoms with E-state index in [1.165, 1.54) is 24.7 Å². The summed E-state index contributed by atoms with van der Waals surface area (Å²) < 4.78 is 23.4. The van der Waals surface area contributed by atoms with Gasteiger partial charge in [-0.05, 0) is 62.1 Å². The molecule has 0 aliphatic carbocycles. The standard InChI is InChI=1S/C14H21NO2S/c1-10-8-12(18(3,16)17)9-13(11(10)2)14-6-4-5-7-15-14/h8-9,14-15H,4-7H2,1-3H3. The maximum Gasteiger partial charge on any atom is 0.175 e. The van der Waals surface area contributed by atoms with Crippen molar-refractivity contribution < 1.29 is 8.42 Å². The van der Waals surface area contributed by atoms with Crippen LogP contribution in [0.1, 0.15) is 42.0 Å². The van der Waals surface area contributed by atoms with Crippen molar-refractivity contribution in [1.29, 1.82) is 0 Å². The lowest BCUT2D eigenvalue weighted by Crippen LogP contribution is -2.27. The summed E-state index contributed by atoms with van der Waals surface area (Å²) in [4.78, 5) is 0.438. The summed E-state index contributed by atoms with van der Waals surface area (Å²) in [6, 6.07) is 3.93. The van der Waals surface area contributed by atoms with Crippen LogP contribution in [0.4, 0.5) is 0 Å². The highest BCUT2D eigenvalue weighted by molar-refractivity contribution is 7.90. The Balaban J connectivity index is 2.48. The maximum atomic E-state index is 11.7. The van der Waals surface area contributed by atoms with Gasteiger partial charge in [0, 0.05) is 12.3 Å². The van der Waals surface area contributed by atoms with Crippen molar-refractivity contribution in [3.63, 3.8) is 0 Å². The van der Waals surface area contributed by atoms with E-state index >= 15 is 0 Å². The summed E-state index contributed by atoms with van der Waals surface area (Å²) in [5, 5.41) is 3.49. The van der Waals surface area contributed by atoms with Gasteiger partial charge in [0.15, 0.2) is 9.84 Å². The van der Waals surface area contributed by atoms with Crippen molar-refractivity contribution in [2.24, 2.45) is 0 Å².